The van der Waals surface area contributed by atoms with Crippen molar-refractivity contribution in [3.63, 3.8) is 0 Å². The maximum Gasteiger partial charge on any atom is 0.114 e. The minimum Gasteiger partial charge on any atom is -0.468 e. The summed E-state index contributed by atoms with van der Waals surface area (Å²) in [6.07, 6.45) is 1.74. The maximum atomic E-state index is 5.31. The van der Waals surface area contributed by atoms with Gasteiger partial charge in [0.1, 0.15) is 5.76 Å². The first-order valence-electron chi connectivity index (χ1n) is 6.50. The number of furan rings is 1. The van der Waals surface area contributed by atoms with Crippen molar-refractivity contribution < 1.29 is 4.42 Å². The van der Waals surface area contributed by atoms with Crippen LogP contribution >= 0.6 is 11.8 Å². The number of rotatable bonds is 4. The SMILES string of the molecule is Cc1occc1Sc1ccc(CNC(C)(C)C)cc1. The summed E-state index contributed by atoms with van der Waals surface area (Å²) in [4.78, 5) is 2.42. The van der Waals surface area contributed by atoms with Gasteiger partial charge in [-0.2, -0.15) is 0 Å². The van der Waals surface area contributed by atoms with Crippen LogP contribution in [0.4, 0.5) is 0 Å². The average molecular weight is 275 g/mol. The molecule has 0 saturated heterocycles. The van der Waals surface area contributed by atoms with E-state index < -0.39 is 0 Å². The molecule has 2 rings (SSSR count). The van der Waals surface area contributed by atoms with Crippen LogP contribution in [-0.4, -0.2) is 5.54 Å². The third-order valence-corrected chi connectivity index (χ3v) is 3.94. The Labute approximate surface area is 119 Å². The van der Waals surface area contributed by atoms with Crippen molar-refractivity contribution in [1.82, 2.24) is 5.32 Å². The predicted molar refractivity (Wildman–Crippen MR) is 80.6 cm³/mol. The van der Waals surface area contributed by atoms with Crippen molar-refractivity contribution in [2.45, 2.75) is 49.6 Å². The summed E-state index contributed by atoms with van der Waals surface area (Å²) in [5.74, 6) is 0.975. The Morgan fingerprint density at radius 1 is 1.11 bits per heavy atom. The van der Waals surface area contributed by atoms with Crippen molar-refractivity contribution >= 4 is 11.8 Å². The highest BCUT2D eigenvalue weighted by Crippen LogP contribution is 2.30. The summed E-state index contributed by atoms with van der Waals surface area (Å²) in [6, 6.07) is 10.7. The second kappa shape index (κ2) is 5.85. The van der Waals surface area contributed by atoms with Gasteiger partial charge in [0.05, 0.1) is 11.2 Å². The molecule has 0 aliphatic heterocycles. The molecule has 0 aliphatic carbocycles. The topological polar surface area (TPSA) is 25.2 Å². The van der Waals surface area contributed by atoms with E-state index >= 15 is 0 Å². The van der Waals surface area contributed by atoms with Gasteiger partial charge < -0.3 is 9.73 Å². The Kier molecular flexibility index (Phi) is 4.38. The monoisotopic (exact) mass is 275 g/mol. The van der Waals surface area contributed by atoms with Gasteiger partial charge in [-0.15, -0.1) is 0 Å². The smallest absolute Gasteiger partial charge is 0.114 e. The van der Waals surface area contributed by atoms with Gasteiger partial charge in [-0.3, -0.25) is 0 Å². The van der Waals surface area contributed by atoms with Crippen molar-refractivity contribution in [3.8, 4) is 0 Å². The molecule has 0 bridgehead atoms. The Morgan fingerprint density at radius 2 is 1.79 bits per heavy atom. The normalized spacial score (nSPS) is 11.8. The van der Waals surface area contributed by atoms with Crippen LogP contribution in [0.25, 0.3) is 0 Å². The molecule has 1 aromatic carbocycles. The molecule has 1 heterocycles. The van der Waals surface area contributed by atoms with Crippen molar-refractivity contribution in [1.29, 1.82) is 0 Å². The van der Waals surface area contributed by atoms with Gasteiger partial charge >= 0.3 is 0 Å². The van der Waals surface area contributed by atoms with Gasteiger partial charge in [-0.25, -0.2) is 0 Å². The van der Waals surface area contributed by atoms with Crippen LogP contribution in [-0.2, 0) is 6.54 Å². The Morgan fingerprint density at radius 3 is 2.32 bits per heavy atom. The van der Waals surface area contributed by atoms with E-state index in [9.17, 15) is 0 Å². The molecule has 1 N–H and O–H groups in total. The lowest BCUT2D eigenvalue weighted by atomic mass is 10.1. The average Bonchev–Trinajstić information content (AvgIpc) is 2.73. The highest BCUT2D eigenvalue weighted by Gasteiger charge is 2.08. The zero-order valence-electron chi connectivity index (χ0n) is 12.0. The second-order valence-corrected chi connectivity index (χ2v) is 6.81. The standard InChI is InChI=1S/C16H21NOS/c1-12-15(9-10-18-12)19-14-7-5-13(6-8-14)11-17-16(2,3)4/h5-10,17H,11H2,1-4H3. The molecule has 2 aromatic rings. The molecular weight excluding hydrogens is 254 g/mol. The Balaban J connectivity index is 1.97. The molecule has 0 unspecified atom stereocenters. The largest absolute Gasteiger partial charge is 0.468 e. The summed E-state index contributed by atoms with van der Waals surface area (Å²) >= 11 is 1.74. The molecule has 1 aromatic heterocycles. The zero-order valence-corrected chi connectivity index (χ0v) is 12.8. The summed E-state index contributed by atoms with van der Waals surface area (Å²) in [5, 5.41) is 3.49. The molecular formula is C16H21NOS. The van der Waals surface area contributed by atoms with Crippen LogP contribution in [0.3, 0.4) is 0 Å². The summed E-state index contributed by atoms with van der Waals surface area (Å²) in [7, 11) is 0. The van der Waals surface area contributed by atoms with Gasteiger partial charge in [0, 0.05) is 17.0 Å². The number of nitrogens with one attached hydrogen (secondary N) is 1. The van der Waals surface area contributed by atoms with E-state index in [2.05, 4.69) is 50.4 Å². The van der Waals surface area contributed by atoms with E-state index in [1.54, 1.807) is 18.0 Å². The molecule has 3 heteroatoms. The zero-order chi connectivity index (χ0) is 13.9. The fraction of sp³-hybridized carbons (Fsp3) is 0.375. The van der Waals surface area contributed by atoms with Gasteiger partial charge in [0.2, 0.25) is 0 Å². The second-order valence-electron chi connectivity index (χ2n) is 5.69. The van der Waals surface area contributed by atoms with Crippen molar-refractivity contribution in [2.75, 3.05) is 0 Å². The highest BCUT2D eigenvalue weighted by atomic mass is 32.2. The summed E-state index contributed by atoms with van der Waals surface area (Å²) in [5.41, 5.74) is 1.46. The van der Waals surface area contributed by atoms with Crippen LogP contribution in [0.5, 0.6) is 0 Å². The fourth-order valence-corrected chi connectivity index (χ4v) is 2.49. The van der Waals surface area contributed by atoms with Crippen LogP contribution in [0.15, 0.2) is 50.8 Å². The van der Waals surface area contributed by atoms with E-state index in [0.29, 0.717) is 0 Å². The molecule has 0 atom stereocenters. The quantitative estimate of drug-likeness (QED) is 0.881. The molecule has 0 radical (unpaired) electrons. The summed E-state index contributed by atoms with van der Waals surface area (Å²) < 4.78 is 5.31. The fourth-order valence-electron chi connectivity index (χ4n) is 1.65. The molecule has 2 nitrogen and oxygen atoms in total. The molecule has 0 spiro atoms. The van der Waals surface area contributed by atoms with E-state index in [4.69, 9.17) is 4.42 Å². The molecule has 0 amide bonds. The number of hydrogen-bond acceptors (Lipinski definition) is 3. The van der Waals surface area contributed by atoms with Crippen LogP contribution in [0.1, 0.15) is 32.1 Å². The maximum absolute atomic E-state index is 5.31. The third-order valence-electron chi connectivity index (χ3n) is 2.79. The molecule has 19 heavy (non-hydrogen) atoms. The minimum absolute atomic E-state index is 0.154. The first-order valence-corrected chi connectivity index (χ1v) is 7.32. The van der Waals surface area contributed by atoms with Crippen LogP contribution in [0, 0.1) is 6.92 Å². The number of benzene rings is 1. The van der Waals surface area contributed by atoms with Crippen LogP contribution in [0.2, 0.25) is 0 Å². The summed E-state index contributed by atoms with van der Waals surface area (Å²) in [6.45, 7) is 9.43. The van der Waals surface area contributed by atoms with Gasteiger partial charge in [-0.1, -0.05) is 23.9 Å². The van der Waals surface area contributed by atoms with Crippen molar-refractivity contribution in [2.24, 2.45) is 0 Å². The lowest BCUT2D eigenvalue weighted by molar-refractivity contribution is 0.424. The first kappa shape index (κ1) is 14.2. The predicted octanol–water partition coefficient (Wildman–Crippen LogP) is 4.63. The van der Waals surface area contributed by atoms with Crippen LogP contribution < -0.4 is 5.32 Å². The Bertz CT molecular complexity index is 522. The number of aryl methyl sites for hydroxylation is 1. The molecule has 0 saturated carbocycles. The lowest BCUT2D eigenvalue weighted by Gasteiger charge is -2.20. The van der Waals surface area contributed by atoms with E-state index in [0.717, 1.165) is 12.3 Å². The highest BCUT2D eigenvalue weighted by molar-refractivity contribution is 7.99. The van der Waals surface area contributed by atoms with Gasteiger partial charge in [0.15, 0.2) is 0 Å². The molecule has 0 fully saturated rings. The van der Waals surface area contributed by atoms with Gasteiger partial charge in [-0.05, 0) is 51.5 Å². The van der Waals surface area contributed by atoms with E-state index in [1.807, 2.05) is 13.0 Å². The Hall–Kier alpha value is -1.19. The molecule has 0 aliphatic rings. The van der Waals surface area contributed by atoms with E-state index in [-0.39, 0.29) is 5.54 Å². The molecule has 102 valence electrons. The lowest BCUT2D eigenvalue weighted by Crippen LogP contribution is -2.35. The van der Waals surface area contributed by atoms with Gasteiger partial charge in [0.25, 0.3) is 0 Å². The van der Waals surface area contributed by atoms with E-state index in [1.165, 1.54) is 15.4 Å². The third kappa shape index (κ3) is 4.44. The van der Waals surface area contributed by atoms with Crippen molar-refractivity contribution in [3.05, 3.63) is 47.9 Å². The number of hydrogen-bond donors (Lipinski definition) is 1. The first-order chi connectivity index (χ1) is 8.94. The minimum atomic E-state index is 0.154.